The summed E-state index contributed by atoms with van der Waals surface area (Å²) in [5.41, 5.74) is 0.988. The van der Waals surface area contributed by atoms with Gasteiger partial charge in [0.15, 0.2) is 0 Å². The number of carbonyl (C=O) groups is 1. The second-order valence-electron chi connectivity index (χ2n) is 4.10. The average Bonchev–Trinajstić information content (AvgIpc) is 2.47. The molecule has 0 aliphatic heterocycles. The van der Waals surface area contributed by atoms with E-state index in [1.54, 1.807) is 30.3 Å². The second kappa shape index (κ2) is 6.43. The largest absolute Gasteiger partial charge is 0.465 e. The molecule has 0 saturated heterocycles. The Morgan fingerprint density at radius 3 is 2.65 bits per heavy atom. The number of hydrogen-bond donors (Lipinski definition) is 0. The van der Waals surface area contributed by atoms with Crippen molar-refractivity contribution < 1.29 is 18.1 Å². The Morgan fingerprint density at radius 1 is 1.20 bits per heavy atom. The lowest BCUT2D eigenvalue weighted by Gasteiger charge is -2.07. The Balaban J connectivity index is 2.26. The van der Waals surface area contributed by atoms with E-state index in [1.165, 1.54) is 25.3 Å². The third kappa shape index (κ3) is 3.30. The third-order valence-corrected chi connectivity index (χ3v) is 4.12. The minimum absolute atomic E-state index is 0.134. The molecule has 0 fully saturated rings. The first-order valence-electron chi connectivity index (χ1n) is 5.92. The van der Waals surface area contributed by atoms with E-state index >= 15 is 0 Å². The van der Waals surface area contributed by atoms with Gasteiger partial charge in [0.1, 0.15) is 5.82 Å². The standard InChI is InChI=1S/C15H13FO3S/c1-19-15(17)14-8-3-2-5-11(14)10-20(18)13-7-4-6-12(16)9-13/h2-9H,10H2,1H3. The molecular weight excluding hydrogens is 279 g/mol. The highest BCUT2D eigenvalue weighted by Crippen LogP contribution is 2.17. The van der Waals surface area contributed by atoms with Gasteiger partial charge in [0, 0.05) is 4.90 Å². The zero-order valence-corrected chi connectivity index (χ0v) is 11.7. The van der Waals surface area contributed by atoms with Crippen molar-refractivity contribution in [3.63, 3.8) is 0 Å². The molecule has 0 aromatic heterocycles. The Morgan fingerprint density at radius 2 is 1.95 bits per heavy atom. The molecule has 0 aliphatic rings. The van der Waals surface area contributed by atoms with Crippen molar-refractivity contribution in [2.75, 3.05) is 7.11 Å². The molecule has 1 atom stereocenters. The van der Waals surface area contributed by atoms with Crippen molar-refractivity contribution in [2.24, 2.45) is 0 Å². The summed E-state index contributed by atoms with van der Waals surface area (Å²) in [6.07, 6.45) is 0. The van der Waals surface area contributed by atoms with Crippen molar-refractivity contribution >= 4 is 16.8 Å². The Hall–Kier alpha value is -2.01. The van der Waals surface area contributed by atoms with Gasteiger partial charge in [-0.05, 0) is 29.8 Å². The van der Waals surface area contributed by atoms with Crippen LogP contribution in [0.1, 0.15) is 15.9 Å². The van der Waals surface area contributed by atoms with E-state index in [2.05, 4.69) is 4.74 Å². The monoisotopic (exact) mass is 292 g/mol. The molecule has 0 spiro atoms. The first-order chi connectivity index (χ1) is 9.61. The van der Waals surface area contributed by atoms with E-state index < -0.39 is 22.6 Å². The number of hydrogen-bond acceptors (Lipinski definition) is 3. The van der Waals surface area contributed by atoms with Crippen molar-refractivity contribution in [1.29, 1.82) is 0 Å². The molecule has 0 radical (unpaired) electrons. The number of esters is 1. The molecule has 104 valence electrons. The van der Waals surface area contributed by atoms with Crippen LogP contribution in [0, 0.1) is 5.82 Å². The summed E-state index contributed by atoms with van der Waals surface area (Å²) in [5, 5.41) is 0. The predicted molar refractivity (Wildman–Crippen MR) is 74.3 cm³/mol. The summed E-state index contributed by atoms with van der Waals surface area (Å²) >= 11 is 0. The van der Waals surface area contributed by atoms with Crippen LogP contribution in [0.4, 0.5) is 4.39 Å². The molecule has 2 aromatic rings. The van der Waals surface area contributed by atoms with Crippen LogP contribution in [-0.2, 0) is 21.3 Å². The summed E-state index contributed by atoms with van der Waals surface area (Å²) in [5.74, 6) is -0.775. The summed E-state index contributed by atoms with van der Waals surface area (Å²) in [4.78, 5) is 12.0. The lowest BCUT2D eigenvalue weighted by atomic mass is 10.1. The smallest absolute Gasteiger partial charge is 0.338 e. The van der Waals surface area contributed by atoms with Crippen molar-refractivity contribution in [1.82, 2.24) is 0 Å². The topological polar surface area (TPSA) is 43.4 Å². The molecule has 0 aliphatic carbocycles. The van der Waals surface area contributed by atoms with E-state index in [9.17, 15) is 13.4 Å². The number of benzene rings is 2. The first kappa shape index (κ1) is 14.4. The fourth-order valence-electron chi connectivity index (χ4n) is 1.79. The van der Waals surface area contributed by atoms with Gasteiger partial charge in [-0.3, -0.25) is 4.21 Å². The molecule has 0 N–H and O–H groups in total. The van der Waals surface area contributed by atoms with Crippen LogP contribution in [0.5, 0.6) is 0 Å². The second-order valence-corrected chi connectivity index (χ2v) is 5.55. The summed E-state index contributed by atoms with van der Waals surface area (Å²) in [7, 11) is -0.127. The van der Waals surface area contributed by atoms with E-state index in [0.717, 1.165) is 0 Å². The van der Waals surface area contributed by atoms with Crippen molar-refractivity contribution in [3.8, 4) is 0 Å². The summed E-state index contributed by atoms with van der Waals surface area (Å²) in [6, 6.07) is 12.4. The van der Waals surface area contributed by atoms with Crippen LogP contribution < -0.4 is 0 Å². The summed E-state index contributed by atoms with van der Waals surface area (Å²) < 4.78 is 30.0. The lowest BCUT2D eigenvalue weighted by molar-refractivity contribution is 0.0600. The maximum atomic E-state index is 13.1. The summed E-state index contributed by atoms with van der Waals surface area (Å²) in [6.45, 7) is 0. The molecule has 0 heterocycles. The van der Waals surface area contributed by atoms with Gasteiger partial charge in [-0.2, -0.15) is 0 Å². The van der Waals surface area contributed by atoms with Crippen molar-refractivity contribution in [3.05, 3.63) is 65.5 Å². The molecule has 0 saturated carbocycles. The fourth-order valence-corrected chi connectivity index (χ4v) is 2.96. The van der Waals surface area contributed by atoms with E-state index in [0.29, 0.717) is 16.0 Å². The van der Waals surface area contributed by atoms with Gasteiger partial charge in [0.2, 0.25) is 0 Å². The van der Waals surface area contributed by atoms with E-state index in [4.69, 9.17) is 0 Å². The molecule has 2 aromatic carbocycles. The molecule has 2 rings (SSSR count). The molecule has 1 unspecified atom stereocenters. The third-order valence-electron chi connectivity index (χ3n) is 2.77. The average molecular weight is 292 g/mol. The Kier molecular flexibility index (Phi) is 4.63. The van der Waals surface area contributed by atoms with Gasteiger partial charge in [-0.15, -0.1) is 0 Å². The zero-order valence-electron chi connectivity index (χ0n) is 10.8. The van der Waals surface area contributed by atoms with Gasteiger partial charge in [-0.25, -0.2) is 9.18 Å². The first-order valence-corrected chi connectivity index (χ1v) is 7.24. The van der Waals surface area contributed by atoms with Gasteiger partial charge in [0.05, 0.1) is 29.2 Å². The quantitative estimate of drug-likeness (QED) is 0.814. The van der Waals surface area contributed by atoms with Crippen LogP contribution in [0.3, 0.4) is 0 Å². The van der Waals surface area contributed by atoms with E-state index in [1.807, 2.05) is 0 Å². The van der Waals surface area contributed by atoms with Crippen LogP contribution >= 0.6 is 0 Å². The Labute approximate surface area is 118 Å². The van der Waals surface area contributed by atoms with Gasteiger partial charge in [0.25, 0.3) is 0 Å². The molecule has 0 amide bonds. The number of ether oxygens (including phenoxy) is 1. The van der Waals surface area contributed by atoms with Gasteiger partial charge < -0.3 is 4.74 Å². The van der Waals surface area contributed by atoms with Gasteiger partial charge in [-0.1, -0.05) is 24.3 Å². The number of carbonyl (C=O) groups excluding carboxylic acids is 1. The highest BCUT2D eigenvalue weighted by Gasteiger charge is 2.14. The van der Waals surface area contributed by atoms with Crippen LogP contribution in [0.2, 0.25) is 0 Å². The molecule has 20 heavy (non-hydrogen) atoms. The minimum atomic E-state index is -1.42. The highest BCUT2D eigenvalue weighted by molar-refractivity contribution is 7.84. The zero-order chi connectivity index (χ0) is 14.5. The number of halogens is 1. The highest BCUT2D eigenvalue weighted by atomic mass is 32.2. The van der Waals surface area contributed by atoms with Crippen molar-refractivity contribution in [2.45, 2.75) is 10.6 Å². The fraction of sp³-hybridized carbons (Fsp3) is 0.133. The predicted octanol–water partition coefficient (Wildman–Crippen LogP) is 2.92. The molecule has 3 nitrogen and oxygen atoms in total. The van der Waals surface area contributed by atoms with Crippen LogP contribution in [0.25, 0.3) is 0 Å². The molecule has 0 bridgehead atoms. The van der Waals surface area contributed by atoms with E-state index in [-0.39, 0.29) is 5.75 Å². The van der Waals surface area contributed by atoms with Crippen LogP contribution in [-0.4, -0.2) is 17.3 Å². The van der Waals surface area contributed by atoms with Gasteiger partial charge >= 0.3 is 5.97 Å². The normalized spacial score (nSPS) is 11.9. The lowest BCUT2D eigenvalue weighted by Crippen LogP contribution is -2.07. The van der Waals surface area contributed by atoms with Crippen LogP contribution in [0.15, 0.2) is 53.4 Å². The number of methoxy groups -OCH3 is 1. The maximum Gasteiger partial charge on any atom is 0.338 e. The SMILES string of the molecule is COC(=O)c1ccccc1CS(=O)c1cccc(F)c1. The number of rotatable bonds is 4. The maximum absolute atomic E-state index is 13.1. The minimum Gasteiger partial charge on any atom is -0.465 e. The molecular formula is C15H13FO3S. The molecule has 5 heteroatoms. The Bertz CT molecular complexity index is 655.